The zero-order valence-corrected chi connectivity index (χ0v) is 9.57. The Balaban J connectivity index is 2.42. The molecule has 94 valence electrons. The molecule has 0 spiro atoms. The molecule has 0 atom stereocenters. The Labute approximate surface area is 99.3 Å². The van der Waals surface area contributed by atoms with Gasteiger partial charge < -0.3 is 5.11 Å². The van der Waals surface area contributed by atoms with Crippen LogP contribution in [-0.4, -0.2) is 16.1 Å². The quantitative estimate of drug-likeness (QED) is 0.890. The van der Waals surface area contributed by atoms with Gasteiger partial charge in [0.15, 0.2) is 5.01 Å². The van der Waals surface area contributed by atoms with Gasteiger partial charge in [-0.3, -0.25) is 0 Å². The van der Waals surface area contributed by atoms with E-state index < -0.39 is 17.2 Å². The molecule has 0 aliphatic heterocycles. The van der Waals surface area contributed by atoms with Gasteiger partial charge in [-0.25, -0.2) is 9.78 Å². The van der Waals surface area contributed by atoms with E-state index in [4.69, 9.17) is 5.11 Å². The Bertz CT molecular complexity index is 435. The number of carboxylic acid groups (broad SMARTS) is 1. The van der Waals surface area contributed by atoms with Crippen LogP contribution in [0.25, 0.3) is 0 Å². The lowest BCUT2D eigenvalue weighted by Crippen LogP contribution is -2.05. The van der Waals surface area contributed by atoms with Gasteiger partial charge in [0.1, 0.15) is 4.88 Å². The fourth-order valence-electron chi connectivity index (χ4n) is 2.08. The Morgan fingerprint density at radius 2 is 1.94 bits per heavy atom. The van der Waals surface area contributed by atoms with Gasteiger partial charge >= 0.3 is 12.1 Å². The maximum atomic E-state index is 12.5. The van der Waals surface area contributed by atoms with Crippen LogP contribution >= 0.6 is 11.3 Å². The topological polar surface area (TPSA) is 50.2 Å². The van der Waals surface area contributed by atoms with Crippen LogP contribution in [0.2, 0.25) is 0 Å². The monoisotopic (exact) mass is 265 g/mol. The average Bonchev–Trinajstić information content (AvgIpc) is 2.85. The lowest BCUT2D eigenvalue weighted by atomic mass is 10.0. The first kappa shape index (κ1) is 12.3. The van der Waals surface area contributed by atoms with Crippen molar-refractivity contribution in [3.8, 4) is 0 Å². The number of carbonyl (C=O) groups is 1. The summed E-state index contributed by atoms with van der Waals surface area (Å²) < 4.78 is 37.5. The molecule has 0 amide bonds. The molecule has 1 heterocycles. The molecule has 0 bridgehead atoms. The van der Waals surface area contributed by atoms with E-state index in [-0.39, 0.29) is 27.8 Å². The third-order valence-electron chi connectivity index (χ3n) is 2.83. The van der Waals surface area contributed by atoms with Crippen molar-refractivity contribution in [1.29, 1.82) is 0 Å². The number of thiazole rings is 1. The minimum absolute atomic E-state index is 0.118. The standard InChI is InChI=1S/C10H10F3NO2S/c11-10(12,13)9-14-6(5-3-1-2-4-5)7(17-9)8(15)16/h5H,1-4H2,(H,15,16). The van der Waals surface area contributed by atoms with Gasteiger partial charge in [0.25, 0.3) is 0 Å². The van der Waals surface area contributed by atoms with Crippen LogP contribution < -0.4 is 0 Å². The van der Waals surface area contributed by atoms with E-state index in [1.165, 1.54) is 0 Å². The highest BCUT2D eigenvalue weighted by atomic mass is 32.1. The van der Waals surface area contributed by atoms with Crippen LogP contribution in [0, 0.1) is 0 Å². The van der Waals surface area contributed by atoms with Gasteiger partial charge in [0.2, 0.25) is 0 Å². The van der Waals surface area contributed by atoms with Crippen molar-refractivity contribution in [3.05, 3.63) is 15.6 Å². The van der Waals surface area contributed by atoms with E-state index in [9.17, 15) is 18.0 Å². The van der Waals surface area contributed by atoms with Crippen molar-refractivity contribution in [2.75, 3.05) is 0 Å². The largest absolute Gasteiger partial charge is 0.477 e. The third-order valence-corrected chi connectivity index (χ3v) is 3.94. The second-order valence-corrected chi connectivity index (χ2v) is 5.02. The van der Waals surface area contributed by atoms with Gasteiger partial charge in [0, 0.05) is 5.92 Å². The van der Waals surface area contributed by atoms with E-state index in [1.807, 2.05) is 0 Å². The maximum absolute atomic E-state index is 12.5. The third kappa shape index (κ3) is 2.43. The fourth-order valence-corrected chi connectivity index (χ4v) is 2.94. The molecule has 0 aromatic carbocycles. The zero-order valence-electron chi connectivity index (χ0n) is 8.75. The summed E-state index contributed by atoms with van der Waals surface area (Å²) in [6, 6.07) is 0. The maximum Gasteiger partial charge on any atom is 0.443 e. The van der Waals surface area contributed by atoms with Crippen LogP contribution in [0.3, 0.4) is 0 Å². The molecule has 1 aliphatic rings. The van der Waals surface area contributed by atoms with Gasteiger partial charge in [-0.1, -0.05) is 12.8 Å². The van der Waals surface area contributed by atoms with E-state index in [0.29, 0.717) is 0 Å². The lowest BCUT2D eigenvalue weighted by molar-refractivity contribution is -0.137. The molecule has 1 aromatic heterocycles. The average molecular weight is 265 g/mol. The molecule has 3 nitrogen and oxygen atoms in total. The Kier molecular flexibility index (Phi) is 3.11. The Hall–Kier alpha value is -1.11. The molecule has 1 fully saturated rings. The number of rotatable bonds is 2. The van der Waals surface area contributed by atoms with Crippen molar-refractivity contribution in [2.24, 2.45) is 0 Å². The van der Waals surface area contributed by atoms with Gasteiger partial charge in [-0.2, -0.15) is 13.2 Å². The summed E-state index contributed by atoms with van der Waals surface area (Å²) in [6.07, 6.45) is -1.28. The SMILES string of the molecule is O=C(O)c1sc(C(F)(F)F)nc1C1CCCC1. The summed E-state index contributed by atoms with van der Waals surface area (Å²) in [5.41, 5.74) is 0.118. The van der Waals surface area contributed by atoms with Gasteiger partial charge in [-0.05, 0) is 12.8 Å². The summed E-state index contributed by atoms with van der Waals surface area (Å²) in [5.74, 6) is -1.45. The van der Waals surface area contributed by atoms with Gasteiger partial charge in [0.05, 0.1) is 5.69 Å². The lowest BCUT2D eigenvalue weighted by Gasteiger charge is -2.06. The van der Waals surface area contributed by atoms with E-state index in [1.54, 1.807) is 0 Å². The number of alkyl halides is 3. The fraction of sp³-hybridized carbons (Fsp3) is 0.600. The van der Waals surface area contributed by atoms with Crippen LogP contribution in [0.1, 0.15) is 52.0 Å². The van der Waals surface area contributed by atoms with Crippen LogP contribution in [0.5, 0.6) is 0 Å². The van der Waals surface area contributed by atoms with Crippen LogP contribution in [0.15, 0.2) is 0 Å². The number of hydrogen-bond donors (Lipinski definition) is 1. The van der Waals surface area contributed by atoms with Crippen molar-refractivity contribution in [1.82, 2.24) is 4.98 Å². The Morgan fingerprint density at radius 3 is 2.41 bits per heavy atom. The van der Waals surface area contributed by atoms with Crippen LogP contribution in [-0.2, 0) is 6.18 Å². The zero-order chi connectivity index (χ0) is 12.6. The minimum Gasteiger partial charge on any atom is -0.477 e. The highest BCUT2D eigenvalue weighted by Crippen LogP contribution is 2.41. The second-order valence-electron chi connectivity index (χ2n) is 4.02. The molecule has 2 rings (SSSR count). The molecule has 0 radical (unpaired) electrons. The second kappa shape index (κ2) is 4.29. The number of hydrogen-bond acceptors (Lipinski definition) is 3. The molecule has 0 saturated heterocycles. The smallest absolute Gasteiger partial charge is 0.443 e. The number of halogens is 3. The van der Waals surface area contributed by atoms with E-state index in [2.05, 4.69) is 4.98 Å². The summed E-state index contributed by atoms with van der Waals surface area (Å²) in [5, 5.41) is 7.85. The van der Waals surface area contributed by atoms with Crippen molar-refractivity contribution >= 4 is 17.3 Å². The number of aromatic carboxylic acids is 1. The first-order chi connectivity index (χ1) is 7.89. The molecule has 7 heteroatoms. The van der Waals surface area contributed by atoms with Gasteiger partial charge in [-0.15, -0.1) is 11.3 Å². The minimum atomic E-state index is -4.56. The predicted octanol–water partition coefficient (Wildman–Crippen LogP) is 3.52. The van der Waals surface area contributed by atoms with Crippen molar-refractivity contribution in [3.63, 3.8) is 0 Å². The van der Waals surface area contributed by atoms with Crippen molar-refractivity contribution < 1.29 is 23.1 Å². The highest BCUT2D eigenvalue weighted by molar-refractivity contribution is 7.13. The van der Waals surface area contributed by atoms with Crippen molar-refractivity contribution in [2.45, 2.75) is 37.8 Å². The normalized spacial score (nSPS) is 17.6. The van der Waals surface area contributed by atoms with Crippen LogP contribution in [0.4, 0.5) is 13.2 Å². The van der Waals surface area contributed by atoms with E-state index in [0.717, 1.165) is 25.7 Å². The predicted molar refractivity (Wildman–Crippen MR) is 55.3 cm³/mol. The first-order valence-electron chi connectivity index (χ1n) is 5.21. The number of aromatic nitrogens is 1. The molecule has 1 aromatic rings. The number of nitrogens with zero attached hydrogens (tertiary/aromatic N) is 1. The summed E-state index contributed by atoms with van der Waals surface area (Å²) in [7, 11) is 0. The molecule has 0 unspecified atom stereocenters. The first-order valence-corrected chi connectivity index (χ1v) is 6.02. The van der Waals surface area contributed by atoms with E-state index >= 15 is 0 Å². The molecule has 1 saturated carbocycles. The highest BCUT2D eigenvalue weighted by Gasteiger charge is 2.38. The summed E-state index contributed by atoms with van der Waals surface area (Å²) >= 11 is 0.226. The molecular formula is C10H10F3NO2S. The summed E-state index contributed by atoms with van der Waals surface area (Å²) in [4.78, 5) is 14.2. The summed E-state index contributed by atoms with van der Waals surface area (Å²) in [6.45, 7) is 0. The number of carboxylic acids is 1. The molecule has 1 aliphatic carbocycles. The molecule has 1 N–H and O–H groups in total. The molecular weight excluding hydrogens is 255 g/mol. The molecule has 17 heavy (non-hydrogen) atoms. The Morgan fingerprint density at radius 1 is 1.35 bits per heavy atom.